The molecule has 0 atom stereocenters. The normalized spacial score (nSPS) is 11.8. The Kier molecular flexibility index (Phi) is 6.54. The highest BCUT2D eigenvalue weighted by molar-refractivity contribution is 6.38. The van der Waals surface area contributed by atoms with E-state index < -0.39 is 0 Å². The van der Waals surface area contributed by atoms with E-state index in [0.717, 1.165) is 60.3 Å². The number of rotatable bonds is 5. The van der Waals surface area contributed by atoms with Crippen LogP contribution >= 0.6 is 11.6 Å². The molecule has 7 aromatic rings. The molecule has 0 spiro atoms. The van der Waals surface area contributed by atoms with Gasteiger partial charge in [-0.25, -0.2) is 15.0 Å². The first kappa shape index (κ1) is 25.8. The first-order chi connectivity index (χ1) is 20.6. The molecule has 0 saturated heterocycles. The molecule has 200 valence electrons. The number of hydrogen-bond acceptors (Lipinski definition) is 4. The highest BCUT2D eigenvalue weighted by Crippen LogP contribution is 2.40. The van der Waals surface area contributed by atoms with Gasteiger partial charge in [0.25, 0.3) is 0 Å². The van der Waals surface area contributed by atoms with Gasteiger partial charge in [-0.1, -0.05) is 109 Å². The van der Waals surface area contributed by atoms with Gasteiger partial charge < -0.3 is 0 Å². The van der Waals surface area contributed by atoms with Gasteiger partial charge in [0.1, 0.15) is 0 Å². The summed E-state index contributed by atoms with van der Waals surface area (Å²) < 4.78 is 0. The van der Waals surface area contributed by atoms with Crippen LogP contribution in [0, 0.1) is 0 Å². The fourth-order valence-electron chi connectivity index (χ4n) is 5.54. The van der Waals surface area contributed by atoms with Crippen molar-refractivity contribution in [1.29, 1.82) is 0 Å². The molecule has 0 unspecified atom stereocenters. The van der Waals surface area contributed by atoms with Crippen LogP contribution in [-0.2, 0) is 0 Å². The van der Waals surface area contributed by atoms with Crippen LogP contribution < -0.4 is 0 Å². The zero-order chi connectivity index (χ0) is 28.6. The third-order valence-electron chi connectivity index (χ3n) is 7.57. The summed E-state index contributed by atoms with van der Waals surface area (Å²) in [7, 11) is 0. The smallest absolute Gasteiger partial charge is 0.164 e. The predicted molar refractivity (Wildman–Crippen MR) is 175 cm³/mol. The van der Waals surface area contributed by atoms with Gasteiger partial charge in [0.15, 0.2) is 17.5 Å². The predicted octanol–water partition coefficient (Wildman–Crippen LogP) is 9.97. The fourth-order valence-corrected chi connectivity index (χ4v) is 5.80. The van der Waals surface area contributed by atoms with Crippen LogP contribution in [0.25, 0.3) is 71.9 Å². The van der Waals surface area contributed by atoms with Gasteiger partial charge in [-0.15, -0.1) is 0 Å². The lowest BCUT2D eigenvalue weighted by Gasteiger charge is -2.14. The second-order valence-corrected chi connectivity index (χ2v) is 10.4. The van der Waals surface area contributed by atoms with Crippen LogP contribution in [0.3, 0.4) is 0 Å². The summed E-state index contributed by atoms with van der Waals surface area (Å²) in [5.41, 5.74) is 5.67. The van der Waals surface area contributed by atoms with E-state index in [2.05, 4.69) is 66.2 Å². The molecular formula is C37H25ClN4. The van der Waals surface area contributed by atoms with E-state index in [1.165, 1.54) is 0 Å². The van der Waals surface area contributed by atoms with Gasteiger partial charge in [0.2, 0.25) is 0 Å². The standard InChI is InChI=1S/C37H25ClN4/c1-3-23(4-2)35-40-36(24-12-6-5-7-13-24)42-37(41-35)26-15-10-14-25(20-26)30-21-31-29-18-11-19-39-34(29)33(38)22-32(31)28-17-9-8-16-27(28)30/h3-22H,1H2,2H3/b23-4+. The number of halogens is 1. The monoisotopic (exact) mass is 560 g/mol. The van der Waals surface area contributed by atoms with E-state index in [1.54, 1.807) is 12.3 Å². The Morgan fingerprint density at radius 3 is 2.10 bits per heavy atom. The van der Waals surface area contributed by atoms with E-state index in [0.29, 0.717) is 22.5 Å². The molecule has 7 rings (SSSR count). The summed E-state index contributed by atoms with van der Waals surface area (Å²) in [4.78, 5) is 19.2. The second kappa shape index (κ2) is 10.7. The molecule has 0 fully saturated rings. The molecule has 5 aromatic carbocycles. The minimum atomic E-state index is 0.591. The van der Waals surface area contributed by atoms with Crippen molar-refractivity contribution in [3.8, 4) is 33.9 Å². The van der Waals surface area contributed by atoms with E-state index in [1.807, 2.05) is 61.5 Å². The molecule has 0 aliphatic rings. The van der Waals surface area contributed by atoms with Crippen LogP contribution in [0.4, 0.5) is 0 Å². The van der Waals surface area contributed by atoms with Gasteiger partial charge >= 0.3 is 0 Å². The lowest BCUT2D eigenvalue weighted by molar-refractivity contribution is 1.04. The maximum Gasteiger partial charge on any atom is 0.164 e. The quantitative estimate of drug-likeness (QED) is 0.155. The van der Waals surface area contributed by atoms with Crippen molar-refractivity contribution in [3.63, 3.8) is 0 Å². The van der Waals surface area contributed by atoms with Gasteiger partial charge in [-0.3, -0.25) is 4.98 Å². The first-order valence-corrected chi connectivity index (χ1v) is 14.1. The van der Waals surface area contributed by atoms with Crippen molar-refractivity contribution in [1.82, 2.24) is 19.9 Å². The zero-order valence-corrected chi connectivity index (χ0v) is 23.7. The lowest BCUT2D eigenvalue weighted by Crippen LogP contribution is -2.02. The maximum atomic E-state index is 6.70. The highest BCUT2D eigenvalue weighted by Gasteiger charge is 2.16. The summed E-state index contributed by atoms with van der Waals surface area (Å²) >= 11 is 6.70. The number of allylic oxidation sites excluding steroid dienone is 3. The molecular weight excluding hydrogens is 536 g/mol. The Labute approximate surface area is 248 Å². The zero-order valence-electron chi connectivity index (χ0n) is 22.9. The molecule has 0 bridgehead atoms. The van der Waals surface area contributed by atoms with Crippen molar-refractivity contribution in [2.24, 2.45) is 0 Å². The number of fused-ring (bicyclic) bond motifs is 5. The Hall–Kier alpha value is -5.19. The second-order valence-electron chi connectivity index (χ2n) is 10.0. The Morgan fingerprint density at radius 1 is 0.643 bits per heavy atom. The van der Waals surface area contributed by atoms with Crippen LogP contribution in [0.1, 0.15) is 12.7 Å². The minimum absolute atomic E-state index is 0.591. The van der Waals surface area contributed by atoms with Crippen molar-refractivity contribution in [2.45, 2.75) is 6.92 Å². The Bertz CT molecular complexity index is 2190. The summed E-state index contributed by atoms with van der Waals surface area (Å²) in [5, 5.41) is 6.18. The SMILES string of the molecule is C=C/C(=C\C)c1nc(-c2ccccc2)nc(-c2cccc(-c3cc4c5cccnc5c(Cl)cc4c4ccccc34)c2)n1. The van der Waals surface area contributed by atoms with Crippen molar-refractivity contribution >= 4 is 49.6 Å². The number of pyridine rings is 1. The van der Waals surface area contributed by atoms with E-state index in [9.17, 15) is 0 Å². The van der Waals surface area contributed by atoms with E-state index in [-0.39, 0.29) is 0 Å². The van der Waals surface area contributed by atoms with Crippen LogP contribution in [0.15, 0.2) is 128 Å². The van der Waals surface area contributed by atoms with Crippen molar-refractivity contribution in [3.05, 3.63) is 139 Å². The molecule has 0 aliphatic carbocycles. The third-order valence-corrected chi connectivity index (χ3v) is 7.86. The fraction of sp³-hybridized carbons (Fsp3) is 0.0270. The van der Waals surface area contributed by atoms with Crippen LogP contribution in [0.5, 0.6) is 0 Å². The molecule has 2 heterocycles. The number of benzene rings is 5. The molecule has 0 aliphatic heterocycles. The summed E-state index contributed by atoms with van der Waals surface area (Å²) in [6.07, 6.45) is 5.52. The third kappa shape index (κ3) is 4.43. The summed E-state index contributed by atoms with van der Waals surface area (Å²) in [6.45, 7) is 5.93. The van der Waals surface area contributed by atoms with Gasteiger partial charge in [0, 0.05) is 28.3 Å². The molecule has 0 N–H and O–H groups in total. The molecule has 0 radical (unpaired) electrons. The van der Waals surface area contributed by atoms with Crippen molar-refractivity contribution < 1.29 is 0 Å². The minimum Gasteiger partial charge on any atom is -0.255 e. The number of aromatic nitrogens is 4. The van der Waals surface area contributed by atoms with Crippen molar-refractivity contribution in [2.75, 3.05) is 0 Å². The molecule has 0 amide bonds. The molecule has 2 aromatic heterocycles. The Morgan fingerprint density at radius 2 is 1.31 bits per heavy atom. The molecule has 5 heteroatoms. The van der Waals surface area contributed by atoms with Gasteiger partial charge in [-0.05, 0) is 63.9 Å². The van der Waals surface area contributed by atoms with Crippen LogP contribution in [0.2, 0.25) is 5.02 Å². The number of hydrogen-bond donors (Lipinski definition) is 0. The lowest BCUT2D eigenvalue weighted by atomic mass is 9.91. The maximum absolute atomic E-state index is 6.70. The summed E-state index contributed by atoms with van der Waals surface area (Å²) in [5.74, 6) is 1.82. The average Bonchev–Trinajstić information content (AvgIpc) is 3.05. The van der Waals surface area contributed by atoms with E-state index >= 15 is 0 Å². The van der Waals surface area contributed by atoms with Gasteiger partial charge in [-0.2, -0.15) is 0 Å². The van der Waals surface area contributed by atoms with Crippen LogP contribution in [-0.4, -0.2) is 19.9 Å². The largest absolute Gasteiger partial charge is 0.255 e. The molecule has 0 saturated carbocycles. The highest BCUT2D eigenvalue weighted by atomic mass is 35.5. The summed E-state index contributed by atoms with van der Waals surface area (Å²) in [6, 6.07) is 35.1. The van der Waals surface area contributed by atoms with Gasteiger partial charge in [0.05, 0.1) is 10.5 Å². The average molecular weight is 561 g/mol. The molecule has 4 nitrogen and oxygen atoms in total. The Balaban J connectivity index is 1.47. The number of nitrogens with zero attached hydrogens (tertiary/aromatic N) is 4. The first-order valence-electron chi connectivity index (χ1n) is 13.7. The topological polar surface area (TPSA) is 51.6 Å². The molecule has 42 heavy (non-hydrogen) atoms. The van der Waals surface area contributed by atoms with E-state index in [4.69, 9.17) is 26.6 Å².